The Bertz CT molecular complexity index is 574. The van der Waals surface area contributed by atoms with Gasteiger partial charge >= 0.3 is 0 Å². The number of para-hydroxylation sites is 1. The van der Waals surface area contributed by atoms with Crippen molar-refractivity contribution in [2.75, 3.05) is 12.3 Å². The van der Waals surface area contributed by atoms with Crippen molar-refractivity contribution in [3.05, 3.63) is 47.6 Å². The van der Waals surface area contributed by atoms with Crippen molar-refractivity contribution in [2.24, 2.45) is 11.5 Å². The molecular formula is C25H46N4. The fraction of sp³-hybridized carbons (Fsp3) is 0.600. The minimum atomic E-state index is -0.144. The van der Waals surface area contributed by atoms with Gasteiger partial charge in [-0.2, -0.15) is 0 Å². The molecule has 1 aromatic rings. The van der Waals surface area contributed by atoms with Gasteiger partial charge in [0.25, 0.3) is 0 Å². The van der Waals surface area contributed by atoms with Crippen LogP contribution in [0.1, 0.15) is 78.7 Å². The van der Waals surface area contributed by atoms with Gasteiger partial charge < -0.3 is 22.5 Å². The van der Waals surface area contributed by atoms with Crippen molar-refractivity contribution in [1.82, 2.24) is 5.32 Å². The molecule has 2 atom stereocenters. The average Bonchev–Trinajstić information content (AvgIpc) is 2.76. The first-order chi connectivity index (χ1) is 14.0. The van der Waals surface area contributed by atoms with Crippen LogP contribution < -0.4 is 22.5 Å². The van der Waals surface area contributed by atoms with Crippen LogP contribution in [0.5, 0.6) is 0 Å². The van der Waals surface area contributed by atoms with E-state index < -0.39 is 0 Å². The van der Waals surface area contributed by atoms with Gasteiger partial charge in [0, 0.05) is 30.4 Å². The quantitative estimate of drug-likeness (QED) is 0.370. The Morgan fingerprint density at radius 3 is 2.31 bits per heavy atom. The van der Waals surface area contributed by atoms with E-state index in [9.17, 15) is 0 Å². The first kappa shape index (κ1) is 27.4. The van der Waals surface area contributed by atoms with E-state index in [1.807, 2.05) is 63.3 Å². The molecule has 2 unspecified atom stereocenters. The summed E-state index contributed by atoms with van der Waals surface area (Å²) in [5.41, 5.74) is 20.2. The third kappa shape index (κ3) is 11.8. The molecule has 2 rings (SSSR count). The largest absolute Gasteiger partial charge is 0.398 e. The van der Waals surface area contributed by atoms with E-state index >= 15 is 0 Å². The highest BCUT2D eigenvalue weighted by atomic mass is 14.9. The number of nitrogens with one attached hydrogen (secondary N) is 1. The number of nitrogens with two attached hydrogens (primary N) is 3. The van der Waals surface area contributed by atoms with E-state index in [0.717, 1.165) is 28.9 Å². The smallest absolute Gasteiger partial charge is 0.0455 e. The van der Waals surface area contributed by atoms with Gasteiger partial charge in [-0.3, -0.25) is 0 Å². The SMILES string of the molecule is C/C=C\C(N)/C(=C/c1ccccc1N)CN.CC.CCC(C)NC1CCCCC1. The zero-order chi connectivity index (χ0) is 22.1. The van der Waals surface area contributed by atoms with Crippen molar-refractivity contribution in [3.63, 3.8) is 0 Å². The van der Waals surface area contributed by atoms with Gasteiger partial charge in [-0.15, -0.1) is 0 Å². The highest BCUT2D eigenvalue weighted by Gasteiger charge is 2.13. The molecule has 4 heteroatoms. The van der Waals surface area contributed by atoms with Gasteiger partial charge in [-0.1, -0.05) is 76.5 Å². The molecule has 0 bridgehead atoms. The molecule has 0 saturated heterocycles. The van der Waals surface area contributed by atoms with Gasteiger partial charge in [0.15, 0.2) is 0 Å². The van der Waals surface area contributed by atoms with Crippen molar-refractivity contribution in [3.8, 4) is 0 Å². The van der Waals surface area contributed by atoms with E-state index in [1.165, 1.54) is 38.5 Å². The minimum Gasteiger partial charge on any atom is -0.398 e. The van der Waals surface area contributed by atoms with Crippen molar-refractivity contribution < 1.29 is 0 Å². The topological polar surface area (TPSA) is 90.1 Å². The second-order valence-corrected chi connectivity index (χ2v) is 7.41. The zero-order valence-corrected chi connectivity index (χ0v) is 19.5. The Kier molecular flexibility index (Phi) is 16.3. The molecule has 1 saturated carbocycles. The lowest BCUT2D eigenvalue weighted by molar-refractivity contribution is 0.340. The maximum atomic E-state index is 5.96. The monoisotopic (exact) mass is 402 g/mol. The third-order valence-electron chi connectivity index (χ3n) is 5.14. The van der Waals surface area contributed by atoms with Gasteiger partial charge in [-0.05, 0) is 50.3 Å². The fourth-order valence-electron chi connectivity index (χ4n) is 3.25. The van der Waals surface area contributed by atoms with Gasteiger partial charge in [0.2, 0.25) is 0 Å². The number of rotatable bonds is 7. The summed E-state index contributed by atoms with van der Waals surface area (Å²) in [4.78, 5) is 0. The summed E-state index contributed by atoms with van der Waals surface area (Å²) in [6, 6.07) is 9.07. The summed E-state index contributed by atoms with van der Waals surface area (Å²) in [6.45, 7) is 10.9. The van der Waals surface area contributed by atoms with Crippen molar-refractivity contribution in [2.45, 2.75) is 91.3 Å². The Hall–Kier alpha value is -1.62. The average molecular weight is 403 g/mol. The molecule has 1 aliphatic carbocycles. The number of allylic oxidation sites excluding steroid dienone is 1. The van der Waals surface area contributed by atoms with Crippen LogP contribution >= 0.6 is 0 Å². The summed E-state index contributed by atoms with van der Waals surface area (Å²) in [5, 5.41) is 3.67. The molecule has 0 amide bonds. The number of hydrogen-bond donors (Lipinski definition) is 4. The number of nitrogen functional groups attached to an aromatic ring is 1. The molecule has 1 fully saturated rings. The maximum absolute atomic E-state index is 5.96. The van der Waals surface area contributed by atoms with Crippen LogP contribution in [0.25, 0.3) is 6.08 Å². The van der Waals surface area contributed by atoms with Crippen molar-refractivity contribution >= 4 is 11.8 Å². The minimum absolute atomic E-state index is 0.144. The number of hydrogen-bond acceptors (Lipinski definition) is 4. The van der Waals surface area contributed by atoms with Gasteiger partial charge in [0.1, 0.15) is 0 Å². The summed E-state index contributed by atoms with van der Waals surface area (Å²) >= 11 is 0. The fourth-order valence-corrected chi connectivity index (χ4v) is 3.25. The van der Waals surface area contributed by atoms with Crippen LogP contribution in [0.3, 0.4) is 0 Å². The molecule has 0 spiro atoms. The lowest BCUT2D eigenvalue weighted by Crippen LogP contribution is -2.37. The van der Waals surface area contributed by atoms with Crippen LogP contribution in [0.2, 0.25) is 0 Å². The summed E-state index contributed by atoms with van der Waals surface area (Å²) in [7, 11) is 0. The van der Waals surface area contributed by atoms with Crippen LogP contribution in [-0.2, 0) is 0 Å². The van der Waals surface area contributed by atoms with Crippen LogP contribution in [0.15, 0.2) is 42.0 Å². The predicted octanol–water partition coefficient (Wildman–Crippen LogP) is 5.25. The molecule has 0 aromatic heterocycles. The number of benzene rings is 1. The Balaban J connectivity index is 0.000000526. The molecule has 4 nitrogen and oxygen atoms in total. The standard InChI is InChI=1S/C13H19N3.C10H21N.C2H6/c1-2-5-12(15)11(9-14)8-10-6-3-4-7-13(10)16;1-3-9(2)11-10-7-5-4-6-8-10;1-2/h2-8,12H,9,14-16H2,1H3;9-11H,3-8H2,1-2H3;1-2H3/b5-2-,11-8+;;. The highest BCUT2D eigenvalue weighted by molar-refractivity contribution is 5.67. The first-order valence-electron chi connectivity index (χ1n) is 11.4. The molecule has 29 heavy (non-hydrogen) atoms. The Morgan fingerprint density at radius 2 is 1.79 bits per heavy atom. The molecule has 0 aliphatic heterocycles. The second kappa shape index (κ2) is 17.3. The van der Waals surface area contributed by atoms with Gasteiger partial charge in [0.05, 0.1) is 0 Å². The van der Waals surface area contributed by atoms with Crippen LogP contribution in [0, 0.1) is 0 Å². The molecule has 1 aliphatic rings. The summed E-state index contributed by atoms with van der Waals surface area (Å²) < 4.78 is 0. The van der Waals surface area contributed by atoms with E-state index in [-0.39, 0.29) is 6.04 Å². The number of anilines is 1. The van der Waals surface area contributed by atoms with E-state index in [4.69, 9.17) is 17.2 Å². The molecular weight excluding hydrogens is 356 g/mol. The molecule has 0 radical (unpaired) electrons. The molecule has 0 heterocycles. The summed E-state index contributed by atoms with van der Waals surface area (Å²) in [5.74, 6) is 0. The normalized spacial score (nSPS) is 17.0. The van der Waals surface area contributed by atoms with Crippen LogP contribution in [-0.4, -0.2) is 24.7 Å². The highest BCUT2D eigenvalue weighted by Crippen LogP contribution is 2.18. The van der Waals surface area contributed by atoms with Gasteiger partial charge in [-0.25, -0.2) is 0 Å². The molecule has 166 valence electrons. The zero-order valence-electron chi connectivity index (χ0n) is 19.5. The second-order valence-electron chi connectivity index (χ2n) is 7.41. The predicted molar refractivity (Wildman–Crippen MR) is 132 cm³/mol. The molecule has 7 N–H and O–H groups in total. The first-order valence-corrected chi connectivity index (χ1v) is 11.4. The lowest BCUT2D eigenvalue weighted by atomic mass is 9.95. The van der Waals surface area contributed by atoms with E-state index in [1.54, 1.807) is 0 Å². The lowest BCUT2D eigenvalue weighted by Gasteiger charge is -2.25. The third-order valence-corrected chi connectivity index (χ3v) is 5.14. The maximum Gasteiger partial charge on any atom is 0.0455 e. The Labute approximate surface area is 180 Å². The van der Waals surface area contributed by atoms with E-state index in [2.05, 4.69) is 19.2 Å². The summed E-state index contributed by atoms with van der Waals surface area (Å²) in [6.07, 6.45) is 14.2. The van der Waals surface area contributed by atoms with Crippen molar-refractivity contribution in [1.29, 1.82) is 0 Å². The van der Waals surface area contributed by atoms with E-state index in [0.29, 0.717) is 6.54 Å². The van der Waals surface area contributed by atoms with Crippen LogP contribution in [0.4, 0.5) is 5.69 Å². The Morgan fingerprint density at radius 1 is 1.17 bits per heavy atom. The molecule has 1 aromatic carbocycles.